The van der Waals surface area contributed by atoms with E-state index in [0.717, 1.165) is 31.6 Å². The minimum Gasteiger partial charge on any atom is -0.365 e. The molecule has 3 rings (SSSR count). The van der Waals surface area contributed by atoms with Crippen LogP contribution in [0.15, 0.2) is 4.52 Å². The molecule has 0 unspecified atom stereocenters. The van der Waals surface area contributed by atoms with E-state index < -0.39 is 5.60 Å². The van der Waals surface area contributed by atoms with Crippen LogP contribution in [0.4, 0.5) is 0 Å². The number of carbonyl (C=O) groups excluding carboxylic acids is 1. The summed E-state index contributed by atoms with van der Waals surface area (Å²) in [7, 11) is 0. The van der Waals surface area contributed by atoms with Gasteiger partial charge in [0.2, 0.25) is 5.89 Å². The van der Waals surface area contributed by atoms with E-state index in [1.807, 2.05) is 6.92 Å². The lowest BCUT2D eigenvalue weighted by Gasteiger charge is -2.21. The highest BCUT2D eigenvalue weighted by Gasteiger charge is 2.37. The number of aromatic nitrogens is 2. The zero-order valence-electron chi connectivity index (χ0n) is 11.1. The Kier molecular flexibility index (Phi) is 3.26. The van der Waals surface area contributed by atoms with Gasteiger partial charge in [0.05, 0.1) is 0 Å². The Balaban J connectivity index is 1.45. The molecule has 1 amide bonds. The SMILES string of the molecule is C[C@@]1(C(=O)NCCc2noc(C3CC3)n2)CCCO1. The number of rotatable bonds is 5. The number of nitrogens with one attached hydrogen (secondary N) is 1. The maximum atomic E-state index is 12.0. The van der Waals surface area contributed by atoms with E-state index in [-0.39, 0.29) is 5.91 Å². The summed E-state index contributed by atoms with van der Waals surface area (Å²) in [5.74, 6) is 1.84. The van der Waals surface area contributed by atoms with Gasteiger partial charge in [-0.25, -0.2) is 0 Å². The monoisotopic (exact) mass is 265 g/mol. The topological polar surface area (TPSA) is 77.3 Å². The molecule has 6 heteroatoms. The lowest BCUT2D eigenvalue weighted by molar-refractivity contribution is -0.139. The molecule has 1 N–H and O–H groups in total. The first-order chi connectivity index (χ1) is 9.17. The summed E-state index contributed by atoms with van der Waals surface area (Å²) in [6.45, 7) is 3.02. The van der Waals surface area contributed by atoms with Crippen LogP contribution in [0.1, 0.15) is 50.2 Å². The fraction of sp³-hybridized carbons (Fsp3) is 0.769. The molecule has 19 heavy (non-hydrogen) atoms. The molecule has 2 heterocycles. The van der Waals surface area contributed by atoms with E-state index in [1.54, 1.807) is 0 Å². The van der Waals surface area contributed by atoms with E-state index in [2.05, 4.69) is 15.5 Å². The Hall–Kier alpha value is -1.43. The fourth-order valence-electron chi connectivity index (χ4n) is 2.30. The van der Waals surface area contributed by atoms with Crippen LogP contribution in [-0.4, -0.2) is 34.8 Å². The van der Waals surface area contributed by atoms with Crippen molar-refractivity contribution in [3.8, 4) is 0 Å². The molecule has 1 aliphatic heterocycles. The molecule has 1 aliphatic carbocycles. The van der Waals surface area contributed by atoms with Crippen LogP contribution in [0.2, 0.25) is 0 Å². The van der Waals surface area contributed by atoms with Gasteiger partial charge in [-0.2, -0.15) is 4.98 Å². The zero-order chi connectivity index (χ0) is 13.3. The standard InChI is InChI=1S/C13H19N3O3/c1-13(6-2-8-18-13)12(17)14-7-5-10-15-11(19-16-10)9-3-4-9/h9H,2-8H2,1H3,(H,14,17)/t13-/m0/s1. The average molecular weight is 265 g/mol. The first-order valence-corrected chi connectivity index (χ1v) is 6.92. The highest BCUT2D eigenvalue weighted by molar-refractivity contribution is 5.84. The molecule has 1 saturated heterocycles. The summed E-state index contributed by atoms with van der Waals surface area (Å²) in [5, 5.41) is 6.80. The number of carbonyl (C=O) groups is 1. The second kappa shape index (κ2) is 4.92. The Morgan fingerprint density at radius 2 is 2.37 bits per heavy atom. The van der Waals surface area contributed by atoms with Crippen LogP contribution in [0.5, 0.6) is 0 Å². The zero-order valence-corrected chi connectivity index (χ0v) is 11.1. The van der Waals surface area contributed by atoms with E-state index >= 15 is 0 Å². The molecule has 2 aliphatic rings. The largest absolute Gasteiger partial charge is 0.365 e. The van der Waals surface area contributed by atoms with Crippen LogP contribution in [0.3, 0.4) is 0 Å². The summed E-state index contributed by atoms with van der Waals surface area (Å²) in [4.78, 5) is 16.3. The van der Waals surface area contributed by atoms with Crippen molar-refractivity contribution >= 4 is 5.91 Å². The summed E-state index contributed by atoms with van der Waals surface area (Å²) in [5.41, 5.74) is -0.656. The van der Waals surface area contributed by atoms with Crippen molar-refractivity contribution in [3.05, 3.63) is 11.7 Å². The number of amides is 1. The number of nitrogens with zero attached hydrogens (tertiary/aromatic N) is 2. The second-order valence-corrected chi connectivity index (χ2v) is 5.51. The van der Waals surface area contributed by atoms with Crippen molar-refractivity contribution in [1.29, 1.82) is 0 Å². The maximum Gasteiger partial charge on any atom is 0.251 e. The molecule has 1 aromatic rings. The second-order valence-electron chi connectivity index (χ2n) is 5.51. The molecule has 0 aromatic carbocycles. The lowest BCUT2D eigenvalue weighted by Crippen LogP contribution is -2.44. The first kappa shape index (κ1) is 12.6. The van der Waals surface area contributed by atoms with Gasteiger partial charge in [-0.15, -0.1) is 0 Å². The third kappa shape index (κ3) is 2.78. The van der Waals surface area contributed by atoms with Crippen LogP contribution >= 0.6 is 0 Å². The van der Waals surface area contributed by atoms with Gasteiger partial charge in [-0.1, -0.05) is 5.16 Å². The summed E-state index contributed by atoms with van der Waals surface area (Å²) >= 11 is 0. The quantitative estimate of drug-likeness (QED) is 0.865. The lowest BCUT2D eigenvalue weighted by atomic mass is 10.0. The third-order valence-corrected chi connectivity index (χ3v) is 3.74. The molecular weight excluding hydrogens is 246 g/mol. The van der Waals surface area contributed by atoms with Crippen molar-refractivity contribution < 1.29 is 14.1 Å². The predicted molar refractivity (Wildman–Crippen MR) is 66.6 cm³/mol. The highest BCUT2D eigenvalue weighted by Crippen LogP contribution is 2.38. The first-order valence-electron chi connectivity index (χ1n) is 6.92. The minimum absolute atomic E-state index is 0.0455. The van der Waals surface area contributed by atoms with E-state index in [4.69, 9.17) is 9.26 Å². The van der Waals surface area contributed by atoms with Crippen molar-refractivity contribution in [2.24, 2.45) is 0 Å². The highest BCUT2D eigenvalue weighted by atomic mass is 16.5. The summed E-state index contributed by atoms with van der Waals surface area (Å²) < 4.78 is 10.7. The van der Waals surface area contributed by atoms with Gasteiger partial charge in [0.1, 0.15) is 5.60 Å². The Morgan fingerprint density at radius 3 is 3.05 bits per heavy atom. The predicted octanol–water partition coefficient (Wildman–Crippen LogP) is 1.17. The Morgan fingerprint density at radius 1 is 1.53 bits per heavy atom. The molecule has 0 radical (unpaired) electrons. The normalized spacial score (nSPS) is 26.6. The van der Waals surface area contributed by atoms with Crippen molar-refractivity contribution in [3.63, 3.8) is 0 Å². The van der Waals surface area contributed by atoms with Crippen LogP contribution in [0.25, 0.3) is 0 Å². The molecule has 1 aromatic heterocycles. The number of hydrogen-bond donors (Lipinski definition) is 1. The Bertz CT molecular complexity index is 461. The van der Waals surface area contributed by atoms with Crippen molar-refractivity contribution in [2.45, 2.75) is 50.5 Å². The Labute approximate surface area is 111 Å². The van der Waals surface area contributed by atoms with Gasteiger partial charge in [-0.05, 0) is 32.6 Å². The average Bonchev–Trinajstić information content (AvgIpc) is 2.98. The van der Waals surface area contributed by atoms with Gasteiger partial charge in [0, 0.05) is 25.5 Å². The van der Waals surface area contributed by atoms with Crippen LogP contribution in [0, 0.1) is 0 Å². The molecule has 0 bridgehead atoms. The van der Waals surface area contributed by atoms with Gasteiger partial charge in [-0.3, -0.25) is 4.79 Å². The fourth-order valence-corrected chi connectivity index (χ4v) is 2.30. The van der Waals surface area contributed by atoms with Crippen LogP contribution < -0.4 is 5.32 Å². The smallest absolute Gasteiger partial charge is 0.251 e. The van der Waals surface area contributed by atoms with E-state index in [0.29, 0.717) is 31.3 Å². The minimum atomic E-state index is -0.656. The van der Waals surface area contributed by atoms with Crippen molar-refractivity contribution in [1.82, 2.24) is 15.5 Å². The number of hydrogen-bond acceptors (Lipinski definition) is 5. The molecule has 0 spiro atoms. The molecule has 6 nitrogen and oxygen atoms in total. The van der Waals surface area contributed by atoms with Crippen LogP contribution in [-0.2, 0) is 16.0 Å². The number of ether oxygens (including phenoxy) is 1. The van der Waals surface area contributed by atoms with Gasteiger partial charge in [0.25, 0.3) is 5.91 Å². The van der Waals surface area contributed by atoms with Gasteiger partial charge >= 0.3 is 0 Å². The van der Waals surface area contributed by atoms with E-state index in [1.165, 1.54) is 0 Å². The van der Waals surface area contributed by atoms with Crippen molar-refractivity contribution in [2.75, 3.05) is 13.2 Å². The molecule has 1 saturated carbocycles. The molecule has 104 valence electrons. The summed E-state index contributed by atoms with van der Waals surface area (Å²) in [6.07, 6.45) is 4.62. The summed E-state index contributed by atoms with van der Waals surface area (Å²) in [6, 6.07) is 0. The van der Waals surface area contributed by atoms with E-state index in [9.17, 15) is 4.79 Å². The van der Waals surface area contributed by atoms with Gasteiger partial charge < -0.3 is 14.6 Å². The third-order valence-electron chi connectivity index (χ3n) is 3.74. The van der Waals surface area contributed by atoms with Gasteiger partial charge in [0.15, 0.2) is 5.82 Å². The molecular formula is C13H19N3O3. The molecule has 1 atom stereocenters. The molecule has 2 fully saturated rings. The maximum absolute atomic E-state index is 12.0.